The van der Waals surface area contributed by atoms with Crippen molar-refractivity contribution in [1.82, 2.24) is 0 Å². The van der Waals surface area contributed by atoms with E-state index in [1.807, 2.05) is 0 Å². The molecule has 0 amide bonds. The Morgan fingerprint density at radius 1 is 1.29 bits per heavy atom. The van der Waals surface area contributed by atoms with Gasteiger partial charge in [-0.05, 0) is 30.7 Å². The monoisotopic (exact) mass is 256 g/mol. The van der Waals surface area contributed by atoms with Gasteiger partial charge in [-0.1, -0.05) is 12.5 Å². The Kier molecular flexibility index (Phi) is 4.15. The molecule has 0 saturated carbocycles. The normalized spacial score (nSPS) is 20.2. The lowest BCUT2D eigenvalue weighted by Gasteiger charge is -2.20. The Morgan fingerprint density at radius 2 is 2.00 bits per heavy atom. The fraction of sp³-hybridized carbons (Fsp3) is 0.462. The summed E-state index contributed by atoms with van der Waals surface area (Å²) in [4.78, 5) is 11.9. The number of carbonyl (C=O) groups excluding carboxylic acids is 1. The van der Waals surface area contributed by atoms with Crippen molar-refractivity contribution in [2.75, 3.05) is 5.75 Å². The fourth-order valence-corrected chi connectivity index (χ4v) is 3.24. The average Bonchev–Trinajstić information content (AvgIpc) is 2.35. The van der Waals surface area contributed by atoms with E-state index in [9.17, 15) is 13.6 Å². The minimum atomic E-state index is -0.626. The van der Waals surface area contributed by atoms with Crippen LogP contribution >= 0.6 is 11.8 Å². The Bertz CT molecular complexity index is 394. The van der Waals surface area contributed by atoms with Gasteiger partial charge in [0, 0.05) is 12.0 Å². The van der Waals surface area contributed by atoms with E-state index < -0.39 is 11.6 Å². The zero-order valence-electron chi connectivity index (χ0n) is 9.42. The molecular formula is C13H14F2OS. The van der Waals surface area contributed by atoms with E-state index in [0.29, 0.717) is 0 Å². The Balaban J connectivity index is 2.07. The summed E-state index contributed by atoms with van der Waals surface area (Å²) in [7, 11) is 0. The van der Waals surface area contributed by atoms with Crippen molar-refractivity contribution in [2.24, 2.45) is 0 Å². The molecule has 0 radical (unpaired) electrons. The Labute approximate surface area is 104 Å². The van der Waals surface area contributed by atoms with Gasteiger partial charge in [-0.2, -0.15) is 11.8 Å². The summed E-state index contributed by atoms with van der Waals surface area (Å²) in [6, 6.07) is 3.70. The number of hydrogen-bond donors (Lipinski definition) is 0. The van der Waals surface area contributed by atoms with Crippen LogP contribution in [0.4, 0.5) is 8.78 Å². The van der Waals surface area contributed by atoms with Gasteiger partial charge in [0.05, 0.1) is 5.25 Å². The number of benzene rings is 1. The topological polar surface area (TPSA) is 17.1 Å². The van der Waals surface area contributed by atoms with Crippen molar-refractivity contribution in [3.63, 3.8) is 0 Å². The predicted octanol–water partition coefficient (Wildman–Crippen LogP) is 3.36. The van der Waals surface area contributed by atoms with Crippen molar-refractivity contribution in [1.29, 1.82) is 0 Å². The SMILES string of the molecule is O=C(Cc1c(F)cccc1F)C1CCCCS1. The average molecular weight is 256 g/mol. The third-order valence-electron chi connectivity index (χ3n) is 2.95. The van der Waals surface area contributed by atoms with Gasteiger partial charge in [0.2, 0.25) is 0 Å². The summed E-state index contributed by atoms with van der Waals surface area (Å²) in [5.41, 5.74) is -0.0938. The van der Waals surface area contributed by atoms with Crippen LogP contribution in [-0.2, 0) is 11.2 Å². The number of carbonyl (C=O) groups is 1. The maximum absolute atomic E-state index is 13.4. The van der Waals surface area contributed by atoms with Gasteiger partial charge in [-0.3, -0.25) is 4.79 Å². The highest BCUT2D eigenvalue weighted by Crippen LogP contribution is 2.27. The van der Waals surface area contributed by atoms with Gasteiger partial charge in [0.25, 0.3) is 0 Å². The van der Waals surface area contributed by atoms with E-state index >= 15 is 0 Å². The molecule has 1 aliphatic rings. The standard InChI is InChI=1S/C13H14F2OS/c14-10-4-3-5-11(15)9(10)8-12(16)13-6-1-2-7-17-13/h3-5,13H,1-2,6-8H2. The molecule has 0 N–H and O–H groups in total. The summed E-state index contributed by atoms with van der Waals surface area (Å²) < 4.78 is 26.8. The Hall–Kier alpha value is -0.900. The van der Waals surface area contributed by atoms with Crippen LogP contribution in [0.3, 0.4) is 0 Å². The van der Waals surface area contributed by atoms with E-state index in [0.717, 1.165) is 25.0 Å². The first-order valence-corrected chi connectivity index (χ1v) is 6.80. The maximum atomic E-state index is 13.4. The van der Waals surface area contributed by atoms with E-state index in [-0.39, 0.29) is 23.0 Å². The van der Waals surface area contributed by atoms with Crippen LogP contribution in [0, 0.1) is 11.6 Å². The second kappa shape index (κ2) is 5.63. The van der Waals surface area contributed by atoms with Gasteiger partial charge in [0.1, 0.15) is 17.4 Å². The van der Waals surface area contributed by atoms with Crippen molar-refractivity contribution < 1.29 is 13.6 Å². The van der Waals surface area contributed by atoms with Crippen LogP contribution in [0.5, 0.6) is 0 Å². The molecule has 1 aliphatic heterocycles. The molecule has 4 heteroatoms. The van der Waals surface area contributed by atoms with Crippen molar-refractivity contribution in [2.45, 2.75) is 30.9 Å². The second-order valence-electron chi connectivity index (χ2n) is 4.20. The van der Waals surface area contributed by atoms with E-state index in [2.05, 4.69) is 0 Å². The summed E-state index contributed by atoms with van der Waals surface area (Å²) in [5.74, 6) is -0.340. The zero-order chi connectivity index (χ0) is 12.3. The highest BCUT2D eigenvalue weighted by Gasteiger charge is 2.23. The third kappa shape index (κ3) is 3.06. The smallest absolute Gasteiger partial charge is 0.150 e. The summed E-state index contributed by atoms with van der Waals surface area (Å²) in [5, 5.41) is -0.0808. The molecule has 1 saturated heterocycles. The molecule has 1 fully saturated rings. The summed E-state index contributed by atoms with van der Waals surface area (Å²) in [6.45, 7) is 0. The number of thioether (sulfide) groups is 1. The number of Topliss-reactive ketones (excluding diaryl/α,β-unsaturated/α-hetero) is 1. The number of halogens is 2. The minimum absolute atomic E-state index is 0.0568. The van der Waals surface area contributed by atoms with E-state index in [1.165, 1.54) is 18.2 Å². The van der Waals surface area contributed by atoms with Gasteiger partial charge in [0.15, 0.2) is 0 Å². The van der Waals surface area contributed by atoms with Gasteiger partial charge in [-0.25, -0.2) is 8.78 Å². The molecular weight excluding hydrogens is 242 g/mol. The van der Waals surface area contributed by atoms with E-state index in [4.69, 9.17) is 0 Å². The molecule has 2 rings (SSSR count). The van der Waals surface area contributed by atoms with E-state index in [1.54, 1.807) is 11.8 Å². The number of rotatable bonds is 3. The summed E-state index contributed by atoms with van der Waals surface area (Å²) >= 11 is 1.61. The molecule has 17 heavy (non-hydrogen) atoms. The highest BCUT2D eigenvalue weighted by atomic mass is 32.2. The lowest BCUT2D eigenvalue weighted by atomic mass is 10.0. The van der Waals surface area contributed by atoms with Gasteiger partial charge in [-0.15, -0.1) is 0 Å². The second-order valence-corrected chi connectivity index (χ2v) is 5.51. The molecule has 0 aromatic heterocycles. The van der Waals surface area contributed by atoms with Crippen molar-refractivity contribution in [3.8, 4) is 0 Å². The first-order chi connectivity index (χ1) is 8.18. The number of ketones is 1. The molecule has 1 aromatic rings. The van der Waals surface area contributed by atoms with Crippen LogP contribution < -0.4 is 0 Å². The molecule has 92 valence electrons. The molecule has 0 aliphatic carbocycles. The Morgan fingerprint density at radius 3 is 2.59 bits per heavy atom. The first kappa shape index (κ1) is 12.6. The lowest BCUT2D eigenvalue weighted by Crippen LogP contribution is -2.23. The molecule has 1 aromatic carbocycles. The van der Waals surface area contributed by atoms with Gasteiger partial charge >= 0.3 is 0 Å². The molecule has 1 atom stereocenters. The van der Waals surface area contributed by atoms with Crippen LogP contribution in [0.25, 0.3) is 0 Å². The van der Waals surface area contributed by atoms with Crippen LogP contribution in [0.2, 0.25) is 0 Å². The zero-order valence-corrected chi connectivity index (χ0v) is 10.2. The molecule has 0 spiro atoms. The number of hydrogen-bond acceptors (Lipinski definition) is 2. The minimum Gasteiger partial charge on any atom is -0.298 e. The quantitative estimate of drug-likeness (QED) is 0.825. The summed E-state index contributed by atoms with van der Waals surface area (Å²) in [6.07, 6.45) is 2.86. The molecule has 1 nitrogen and oxygen atoms in total. The van der Waals surface area contributed by atoms with Crippen LogP contribution in [0.15, 0.2) is 18.2 Å². The lowest BCUT2D eigenvalue weighted by molar-refractivity contribution is -0.118. The largest absolute Gasteiger partial charge is 0.298 e. The van der Waals surface area contributed by atoms with Gasteiger partial charge < -0.3 is 0 Å². The molecule has 0 bridgehead atoms. The van der Waals surface area contributed by atoms with Crippen molar-refractivity contribution >= 4 is 17.5 Å². The third-order valence-corrected chi connectivity index (χ3v) is 4.38. The van der Waals surface area contributed by atoms with Crippen LogP contribution in [0.1, 0.15) is 24.8 Å². The van der Waals surface area contributed by atoms with Crippen molar-refractivity contribution in [3.05, 3.63) is 35.4 Å². The maximum Gasteiger partial charge on any atom is 0.150 e. The first-order valence-electron chi connectivity index (χ1n) is 5.75. The van der Waals surface area contributed by atoms with Crippen LogP contribution in [-0.4, -0.2) is 16.8 Å². The molecule has 1 heterocycles. The predicted molar refractivity (Wildman–Crippen MR) is 65.2 cm³/mol. The molecule has 1 unspecified atom stereocenters. The highest BCUT2D eigenvalue weighted by molar-refractivity contribution is 8.00. The fourth-order valence-electron chi connectivity index (χ4n) is 1.98.